The van der Waals surface area contributed by atoms with Crippen molar-refractivity contribution in [3.05, 3.63) is 23.8 Å². The van der Waals surface area contributed by atoms with Gasteiger partial charge in [0.15, 0.2) is 0 Å². The fourth-order valence-electron chi connectivity index (χ4n) is 1.85. The molecule has 0 aromatic heterocycles. The quantitative estimate of drug-likeness (QED) is 0.538. The number of aliphatic hydroxyl groups is 2. The molecule has 5 N–H and O–H groups in total. The van der Waals surface area contributed by atoms with E-state index in [0.29, 0.717) is 13.1 Å². The summed E-state index contributed by atoms with van der Waals surface area (Å²) in [5.41, 5.74) is 8.64. The van der Waals surface area contributed by atoms with Gasteiger partial charge in [0.05, 0.1) is 13.2 Å². The van der Waals surface area contributed by atoms with Crippen molar-refractivity contribution in [2.75, 3.05) is 50.4 Å². The van der Waals surface area contributed by atoms with Crippen LogP contribution in [0.1, 0.15) is 5.56 Å². The highest BCUT2D eigenvalue weighted by Gasteiger charge is 2.03. The second kappa shape index (κ2) is 12.1. The minimum Gasteiger partial charge on any atom is -0.399 e. The van der Waals surface area contributed by atoms with Gasteiger partial charge in [0, 0.05) is 37.6 Å². The van der Waals surface area contributed by atoms with Crippen LogP contribution in [-0.4, -0.2) is 54.5 Å². The molecule has 0 saturated heterocycles. The van der Waals surface area contributed by atoms with Crippen LogP contribution in [0.3, 0.4) is 0 Å². The Morgan fingerprint density at radius 2 is 1.70 bits per heavy atom. The van der Waals surface area contributed by atoms with E-state index in [1.54, 1.807) is 0 Å². The van der Waals surface area contributed by atoms with Gasteiger partial charge < -0.3 is 21.3 Å². The van der Waals surface area contributed by atoms with Crippen LogP contribution in [-0.2, 0) is 0 Å². The third kappa shape index (κ3) is 7.77. The predicted molar refractivity (Wildman–Crippen MR) is 89.2 cm³/mol. The van der Waals surface area contributed by atoms with Crippen molar-refractivity contribution < 1.29 is 10.2 Å². The highest BCUT2D eigenvalue weighted by molar-refractivity contribution is 5.85. The maximum Gasteiger partial charge on any atom is 0.0558 e. The Kier molecular flexibility index (Phi) is 13.0. The van der Waals surface area contributed by atoms with Gasteiger partial charge in [0.1, 0.15) is 0 Å². The van der Waals surface area contributed by atoms with Gasteiger partial charge in [-0.2, -0.15) is 0 Å². The van der Waals surface area contributed by atoms with Crippen molar-refractivity contribution >= 4 is 36.2 Å². The summed E-state index contributed by atoms with van der Waals surface area (Å²) in [6, 6.07) is 5.77. The van der Waals surface area contributed by atoms with Crippen LogP contribution in [0.4, 0.5) is 11.4 Å². The summed E-state index contributed by atoms with van der Waals surface area (Å²) in [7, 11) is 0. The summed E-state index contributed by atoms with van der Waals surface area (Å²) < 4.78 is 0. The number of halogens is 2. The molecule has 0 aliphatic carbocycles. The highest BCUT2D eigenvalue weighted by Crippen LogP contribution is 2.17. The Labute approximate surface area is 133 Å². The van der Waals surface area contributed by atoms with E-state index < -0.39 is 0 Å². The van der Waals surface area contributed by atoms with E-state index >= 15 is 0 Å². The molecule has 0 radical (unpaired) electrons. The first-order valence-corrected chi connectivity index (χ1v) is 6.21. The highest BCUT2D eigenvalue weighted by atomic mass is 35.5. The summed E-state index contributed by atoms with van der Waals surface area (Å²) >= 11 is 0. The predicted octanol–water partition coefficient (Wildman–Crippen LogP) is 1.12. The molecule has 0 fully saturated rings. The van der Waals surface area contributed by atoms with Gasteiger partial charge >= 0.3 is 0 Å². The third-order valence-electron chi connectivity index (χ3n) is 2.83. The van der Waals surface area contributed by atoms with Crippen molar-refractivity contribution in [2.45, 2.75) is 6.92 Å². The zero-order valence-electron chi connectivity index (χ0n) is 11.7. The van der Waals surface area contributed by atoms with Crippen LogP contribution in [0.25, 0.3) is 0 Å². The van der Waals surface area contributed by atoms with Gasteiger partial charge in [0.2, 0.25) is 0 Å². The van der Waals surface area contributed by atoms with Crippen LogP contribution in [0, 0.1) is 6.92 Å². The summed E-state index contributed by atoms with van der Waals surface area (Å²) in [6.07, 6.45) is 0. The Hall–Kier alpha value is -0.720. The minimum atomic E-state index is 0. The summed E-state index contributed by atoms with van der Waals surface area (Å²) in [5, 5.41) is 21.1. The molecule has 0 amide bonds. The Bertz CT molecular complexity index is 361. The molecule has 0 bridgehead atoms. The van der Waals surface area contributed by atoms with Crippen molar-refractivity contribution in [1.29, 1.82) is 0 Å². The molecule has 1 aromatic carbocycles. The number of hydrogen-bond acceptors (Lipinski definition) is 5. The number of anilines is 2. The molecule has 0 atom stereocenters. The lowest BCUT2D eigenvalue weighted by Crippen LogP contribution is -2.34. The van der Waals surface area contributed by atoms with Gasteiger partial charge in [-0.3, -0.25) is 4.90 Å². The average molecular weight is 326 g/mol. The summed E-state index contributed by atoms with van der Waals surface area (Å²) in [5.74, 6) is 0. The number of nitrogen functional groups attached to an aromatic ring is 1. The second-order valence-electron chi connectivity index (χ2n) is 4.29. The Morgan fingerprint density at radius 3 is 2.20 bits per heavy atom. The number of rotatable bonds is 8. The monoisotopic (exact) mass is 325 g/mol. The molecule has 7 heteroatoms. The van der Waals surface area contributed by atoms with E-state index in [2.05, 4.69) is 5.32 Å². The number of nitrogens with one attached hydrogen (secondary N) is 1. The van der Waals surface area contributed by atoms with Crippen molar-refractivity contribution in [2.24, 2.45) is 0 Å². The number of nitrogens with zero attached hydrogens (tertiary/aromatic N) is 1. The molecule has 1 rings (SSSR count). The average Bonchev–Trinajstić information content (AvgIpc) is 2.32. The maximum atomic E-state index is 8.90. The summed E-state index contributed by atoms with van der Waals surface area (Å²) in [4.78, 5) is 2.01. The van der Waals surface area contributed by atoms with Crippen molar-refractivity contribution in [1.82, 2.24) is 4.90 Å². The van der Waals surface area contributed by atoms with E-state index in [-0.39, 0.29) is 38.0 Å². The maximum absolute atomic E-state index is 8.90. The first kappa shape index (κ1) is 21.6. The Balaban J connectivity index is 0. The van der Waals surface area contributed by atoms with Crippen molar-refractivity contribution in [3.63, 3.8) is 0 Å². The molecular formula is C13H25Cl2N3O2. The van der Waals surface area contributed by atoms with Gasteiger partial charge in [-0.25, -0.2) is 0 Å². The molecule has 118 valence electrons. The van der Waals surface area contributed by atoms with E-state index in [4.69, 9.17) is 15.9 Å². The van der Waals surface area contributed by atoms with Crippen LogP contribution in [0.2, 0.25) is 0 Å². The number of aliphatic hydroxyl groups excluding tert-OH is 2. The van der Waals surface area contributed by atoms with Gasteiger partial charge in [0.25, 0.3) is 0 Å². The molecule has 1 aromatic rings. The fourth-order valence-corrected chi connectivity index (χ4v) is 1.85. The lowest BCUT2D eigenvalue weighted by atomic mass is 10.2. The minimum absolute atomic E-state index is 0. The topological polar surface area (TPSA) is 81.8 Å². The fraction of sp³-hybridized carbons (Fsp3) is 0.538. The van der Waals surface area contributed by atoms with E-state index in [0.717, 1.165) is 30.0 Å². The summed E-state index contributed by atoms with van der Waals surface area (Å²) in [6.45, 7) is 4.96. The molecule has 20 heavy (non-hydrogen) atoms. The first-order chi connectivity index (χ1) is 8.67. The standard InChI is InChI=1S/C13H23N3O2.2ClH/c1-11-10-12(14)2-3-13(11)15-4-5-16(6-8-17)7-9-18;;/h2-3,10,15,17-18H,4-9,14H2,1H3;2*1H. The smallest absolute Gasteiger partial charge is 0.0558 e. The molecule has 0 spiro atoms. The number of benzene rings is 1. The van der Waals surface area contributed by atoms with E-state index in [1.807, 2.05) is 30.0 Å². The molecule has 0 unspecified atom stereocenters. The zero-order chi connectivity index (χ0) is 13.4. The van der Waals surface area contributed by atoms with Gasteiger partial charge in [-0.05, 0) is 30.7 Å². The SMILES string of the molecule is Cc1cc(N)ccc1NCCN(CCO)CCO.Cl.Cl. The molecular weight excluding hydrogens is 301 g/mol. The first-order valence-electron chi connectivity index (χ1n) is 6.21. The third-order valence-corrected chi connectivity index (χ3v) is 2.83. The molecule has 5 nitrogen and oxygen atoms in total. The molecule has 0 aliphatic rings. The zero-order valence-corrected chi connectivity index (χ0v) is 13.3. The number of nitrogens with two attached hydrogens (primary N) is 1. The van der Waals surface area contributed by atoms with Crippen LogP contribution < -0.4 is 11.1 Å². The Morgan fingerprint density at radius 1 is 1.10 bits per heavy atom. The second-order valence-corrected chi connectivity index (χ2v) is 4.29. The molecule has 0 saturated carbocycles. The number of hydrogen-bond donors (Lipinski definition) is 4. The van der Waals surface area contributed by atoms with Crippen molar-refractivity contribution in [3.8, 4) is 0 Å². The lowest BCUT2D eigenvalue weighted by Gasteiger charge is -2.20. The molecule has 0 heterocycles. The normalized spacial score (nSPS) is 9.80. The van der Waals surface area contributed by atoms with Gasteiger partial charge in [-0.1, -0.05) is 0 Å². The number of aryl methyl sites for hydroxylation is 1. The van der Waals surface area contributed by atoms with Crippen LogP contribution >= 0.6 is 24.8 Å². The van der Waals surface area contributed by atoms with Crippen LogP contribution in [0.5, 0.6) is 0 Å². The van der Waals surface area contributed by atoms with E-state index in [1.165, 1.54) is 0 Å². The lowest BCUT2D eigenvalue weighted by molar-refractivity contribution is 0.165. The van der Waals surface area contributed by atoms with Gasteiger partial charge in [-0.15, -0.1) is 24.8 Å². The van der Waals surface area contributed by atoms with Crippen LogP contribution in [0.15, 0.2) is 18.2 Å². The van der Waals surface area contributed by atoms with E-state index in [9.17, 15) is 0 Å². The molecule has 0 aliphatic heterocycles. The largest absolute Gasteiger partial charge is 0.399 e.